The van der Waals surface area contributed by atoms with Crippen LogP contribution in [0.2, 0.25) is 0 Å². The van der Waals surface area contributed by atoms with Gasteiger partial charge >= 0.3 is 6.03 Å². The maximum absolute atomic E-state index is 11.7. The van der Waals surface area contributed by atoms with Crippen LogP contribution in [0.5, 0.6) is 11.5 Å². The number of aromatic nitrogens is 2. The summed E-state index contributed by atoms with van der Waals surface area (Å²) >= 11 is 0. The van der Waals surface area contributed by atoms with Crippen molar-refractivity contribution in [2.24, 2.45) is 0 Å². The van der Waals surface area contributed by atoms with Crippen molar-refractivity contribution in [2.45, 2.75) is 19.8 Å². The van der Waals surface area contributed by atoms with Gasteiger partial charge in [-0.3, -0.25) is 0 Å². The number of urea groups is 1. The van der Waals surface area contributed by atoms with Crippen LogP contribution in [0, 0.1) is 6.92 Å². The second-order valence-electron chi connectivity index (χ2n) is 5.10. The lowest BCUT2D eigenvalue weighted by Gasteiger charge is -2.11. The molecule has 2 N–H and O–H groups in total. The molecule has 2 rings (SSSR count). The first kappa shape index (κ1) is 17.6. The molecular weight excluding hydrogens is 312 g/mol. The van der Waals surface area contributed by atoms with E-state index in [1.54, 1.807) is 21.1 Å². The fraction of sp³-hybridized carbons (Fsp3) is 0.438. The monoisotopic (exact) mass is 334 g/mol. The summed E-state index contributed by atoms with van der Waals surface area (Å²) in [5.41, 5.74) is 1.000. The summed E-state index contributed by atoms with van der Waals surface area (Å²) in [5.74, 6) is 2.57. The molecule has 0 aliphatic carbocycles. The molecule has 0 saturated heterocycles. The second-order valence-corrected chi connectivity index (χ2v) is 5.10. The fourth-order valence-corrected chi connectivity index (χ4v) is 2.16. The molecule has 0 aliphatic heterocycles. The minimum absolute atomic E-state index is 0.237. The molecule has 2 aromatic rings. The first-order valence-corrected chi connectivity index (χ1v) is 7.64. The van der Waals surface area contributed by atoms with Gasteiger partial charge in [0.1, 0.15) is 11.5 Å². The third-order valence-corrected chi connectivity index (χ3v) is 3.37. The zero-order valence-electron chi connectivity index (χ0n) is 14.1. The highest BCUT2D eigenvalue weighted by Crippen LogP contribution is 2.24. The Morgan fingerprint density at radius 1 is 1.17 bits per heavy atom. The van der Waals surface area contributed by atoms with Crippen LogP contribution in [0.25, 0.3) is 0 Å². The Hall–Kier alpha value is -2.77. The van der Waals surface area contributed by atoms with Crippen molar-refractivity contribution in [1.82, 2.24) is 20.8 Å². The van der Waals surface area contributed by atoms with E-state index in [9.17, 15) is 4.79 Å². The van der Waals surface area contributed by atoms with Crippen molar-refractivity contribution in [1.29, 1.82) is 0 Å². The van der Waals surface area contributed by atoms with Crippen LogP contribution in [0.15, 0.2) is 22.7 Å². The summed E-state index contributed by atoms with van der Waals surface area (Å²) < 4.78 is 15.5. The lowest BCUT2D eigenvalue weighted by molar-refractivity contribution is 0.240. The van der Waals surface area contributed by atoms with Crippen LogP contribution in [0.3, 0.4) is 0 Å². The molecule has 2 amide bonds. The standard InChI is InChI=1S/C16H22N4O4/c1-11-19-15(24-20-11)7-9-18-16(21)17-8-6-12-4-5-13(22-2)10-14(12)23-3/h4-5,10H,6-9H2,1-3H3,(H2,17,18,21). The zero-order valence-corrected chi connectivity index (χ0v) is 14.1. The van der Waals surface area contributed by atoms with Crippen molar-refractivity contribution in [3.05, 3.63) is 35.5 Å². The quantitative estimate of drug-likeness (QED) is 0.759. The van der Waals surface area contributed by atoms with E-state index in [4.69, 9.17) is 14.0 Å². The Balaban J connectivity index is 1.70. The molecule has 0 saturated carbocycles. The molecule has 0 aliphatic rings. The topological polar surface area (TPSA) is 98.5 Å². The molecule has 24 heavy (non-hydrogen) atoms. The lowest BCUT2D eigenvalue weighted by atomic mass is 10.1. The van der Waals surface area contributed by atoms with Crippen LogP contribution >= 0.6 is 0 Å². The van der Waals surface area contributed by atoms with E-state index in [-0.39, 0.29) is 6.03 Å². The minimum atomic E-state index is -0.237. The summed E-state index contributed by atoms with van der Waals surface area (Å²) in [7, 11) is 3.22. The Morgan fingerprint density at radius 2 is 1.92 bits per heavy atom. The zero-order chi connectivity index (χ0) is 17.4. The molecule has 0 atom stereocenters. The van der Waals surface area contributed by atoms with Crippen LogP contribution in [-0.2, 0) is 12.8 Å². The molecule has 1 aromatic heterocycles. The molecular formula is C16H22N4O4. The van der Waals surface area contributed by atoms with Gasteiger partial charge in [0.05, 0.1) is 14.2 Å². The largest absolute Gasteiger partial charge is 0.497 e. The summed E-state index contributed by atoms with van der Waals surface area (Å²) in [5, 5.41) is 9.23. The number of rotatable bonds is 8. The SMILES string of the molecule is COc1ccc(CCNC(=O)NCCc2nc(C)no2)c(OC)c1. The normalized spacial score (nSPS) is 10.3. The minimum Gasteiger partial charge on any atom is -0.497 e. The van der Waals surface area contributed by atoms with E-state index in [2.05, 4.69) is 20.8 Å². The molecule has 8 heteroatoms. The fourth-order valence-electron chi connectivity index (χ4n) is 2.16. The van der Waals surface area contributed by atoms with Gasteiger partial charge in [0.25, 0.3) is 0 Å². The van der Waals surface area contributed by atoms with Crippen molar-refractivity contribution in [2.75, 3.05) is 27.3 Å². The number of benzene rings is 1. The van der Waals surface area contributed by atoms with Gasteiger partial charge in [-0.1, -0.05) is 11.2 Å². The Kier molecular flexibility index (Phi) is 6.41. The third-order valence-electron chi connectivity index (χ3n) is 3.37. The van der Waals surface area contributed by atoms with Gasteiger partial charge in [0.15, 0.2) is 5.82 Å². The molecule has 0 fully saturated rings. The summed E-state index contributed by atoms with van der Waals surface area (Å²) in [6, 6.07) is 5.38. The number of aryl methyl sites for hydroxylation is 1. The Labute approximate surface area is 140 Å². The molecule has 0 spiro atoms. The number of amides is 2. The van der Waals surface area contributed by atoms with Gasteiger partial charge in [0, 0.05) is 25.6 Å². The van der Waals surface area contributed by atoms with E-state index in [0.29, 0.717) is 37.6 Å². The highest BCUT2D eigenvalue weighted by Gasteiger charge is 2.07. The van der Waals surface area contributed by atoms with Crippen LogP contribution in [0.4, 0.5) is 4.79 Å². The number of ether oxygens (including phenoxy) is 2. The molecule has 0 bridgehead atoms. The molecule has 1 aromatic carbocycles. The van der Waals surface area contributed by atoms with Gasteiger partial charge in [-0.05, 0) is 25.0 Å². The van der Waals surface area contributed by atoms with E-state index in [1.165, 1.54) is 0 Å². The number of nitrogens with one attached hydrogen (secondary N) is 2. The molecule has 8 nitrogen and oxygen atoms in total. The van der Waals surface area contributed by atoms with Crippen molar-refractivity contribution < 1.29 is 18.8 Å². The highest BCUT2D eigenvalue weighted by molar-refractivity contribution is 5.73. The van der Waals surface area contributed by atoms with Crippen LogP contribution < -0.4 is 20.1 Å². The van der Waals surface area contributed by atoms with Crippen LogP contribution in [0.1, 0.15) is 17.3 Å². The third kappa shape index (κ3) is 5.15. The molecule has 130 valence electrons. The number of hydrogen-bond acceptors (Lipinski definition) is 6. The second kappa shape index (κ2) is 8.76. The predicted octanol–water partition coefficient (Wildman–Crippen LogP) is 1.48. The van der Waals surface area contributed by atoms with E-state index >= 15 is 0 Å². The molecule has 1 heterocycles. The number of carbonyl (C=O) groups is 1. The van der Waals surface area contributed by atoms with Gasteiger partial charge in [-0.2, -0.15) is 4.98 Å². The summed E-state index contributed by atoms with van der Waals surface area (Å²) in [6.07, 6.45) is 1.16. The number of methoxy groups -OCH3 is 2. The van der Waals surface area contributed by atoms with Gasteiger partial charge in [-0.25, -0.2) is 4.79 Å². The maximum Gasteiger partial charge on any atom is 0.314 e. The highest BCUT2D eigenvalue weighted by atomic mass is 16.5. The summed E-state index contributed by atoms with van der Waals surface area (Å²) in [4.78, 5) is 15.8. The average Bonchev–Trinajstić information content (AvgIpc) is 3.00. The summed E-state index contributed by atoms with van der Waals surface area (Å²) in [6.45, 7) is 2.67. The number of nitrogens with zero attached hydrogens (tertiary/aromatic N) is 2. The molecule has 0 unspecified atom stereocenters. The van der Waals surface area contributed by atoms with E-state index in [1.807, 2.05) is 18.2 Å². The Bertz CT molecular complexity index is 672. The van der Waals surface area contributed by atoms with Crippen molar-refractivity contribution >= 4 is 6.03 Å². The van der Waals surface area contributed by atoms with Gasteiger partial charge in [-0.15, -0.1) is 0 Å². The van der Waals surface area contributed by atoms with Gasteiger partial charge < -0.3 is 24.6 Å². The Morgan fingerprint density at radius 3 is 2.54 bits per heavy atom. The van der Waals surface area contributed by atoms with Crippen molar-refractivity contribution in [3.8, 4) is 11.5 Å². The first-order chi connectivity index (χ1) is 11.6. The van der Waals surface area contributed by atoms with Crippen molar-refractivity contribution in [3.63, 3.8) is 0 Å². The molecule has 0 radical (unpaired) electrons. The van der Waals surface area contributed by atoms with E-state index < -0.39 is 0 Å². The number of hydrogen-bond donors (Lipinski definition) is 2. The lowest BCUT2D eigenvalue weighted by Crippen LogP contribution is -2.37. The smallest absolute Gasteiger partial charge is 0.314 e. The van der Waals surface area contributed by atoms with Crippen LogP contribution in [-0.4, -0.2) is 43.5 Å². The average molecular weight is 334 g/mol. The van der Waals surface area contributed by atoms with Gasteiger partial charge in [0.2, 0.25) is 5.89 Å². The predicted molar refractivity (Wildman–Crippen MR) is 87.4 cm³/mol. The number of carbonyl (C=O) groups excluding carboxylic acids is 1. The first-order valence-electron chi connectivity index (χ1n) is 7.64. The maximum atomic E-state index is 11.7. The van der Waals surface area contributed by atoms with E-state index in [0.717, 1.165) is 17.1 Å².